The third-order valence-electron chi connectivity index (χ3n) is 5.66. The molecule has 4 N–H and O–H groups in total. The maximum Gasteiger partial charge on any atom is 0.247 e. The summed E-state index contributed by atoms with van der Waals surface area (Å²) in [6.07, 6.45) is 2.79. The van der Waals surface area contributed by atoms with Crippen LogP contribution in [0, 0.1) is 0 Å². The fourth-order valence-corrected chi connectivity index (χ4v) is 3.76. The third kappa shape index (κ3) is 7.41. The van der Waals surface area contributed by atoms with Crippen LogP contribution in [-0.4, -0.2) is 61.7 Å². The Morgan fingerprint density at radius 1 is 1.03 bits per heavy atom. The van der Waals surface area contributed by atoms with Crippen molar-refractivity contribution in [2.75, 3.05) is 56.1 Å². The number of rotatable bonds is 12. The Kier molecular flexibility index (Phi) is 10.0. The van der Waals surface area contributed by atoms with Crippen LogP contribution in [0.25, 0.3) is 0 Å². The normalized spacial score (nSPS) is 11.5. The largest absolute Gasteiger partial charge is 0.495 e. The Morgan fingerprint density at radius 2 is 1.74 bits per heavy atom. The number of aromatic nitrogens is 2. The van der Waals surface area contributed by atoms with E-state index in [2.05, 4.69) is 49.6 Å². The van der Waals surface area contributed by atoms with Gasteiger partial charge >= 0.3 is 0 Å². The van der Waals surface area contributed by atoms with Crippen molar-refractivity contribution in [2.45, 2.75) is 13.0 Å². The number of nitrogens with one attached hydrogen (secondary N) is 4. The van der Waals surface area contributed by atoms with Gasteiger partial charge in [0.1, 0.15) is 17.3 Å². The molecule has 202 valence electrons. The maximum atomic E-state index is 12.1. The number of anilines is 6. The lowest BCUT2D eigenvalue weighted by Crippen LogP contribution is -2.31. The summed E-state index contributed by atoms with van der Waals surface area (Å²) in [6, 6.07) is 8.75. The molecule has 0 bridgehead atoms. The fraction of sp³-hybridized carbons (Fsp3) is 0.269. The second kappa shape index (κ2) is 13.2. The van der Waals surface area contributed by atoms with Crippen molar-refractivity contribution in [1.29, 1.82) is 0 Å². The Hall–Kier alpha value is -3.73. The minimum atomic E-state index is -0.345. The van der Waals surface area contributed by atoms with Crippen LogP contribution in [0.1, 0.15) is 6.92 Å². The van der Waals surface area contributed by atoms with Gasteiger partial charge in [0.2, 0.25) is 11.9 Å². The van der Waals surface area contributed by atoms with Crippen LogP contribution >= 0.6 is 23.2 Å². The number of benzene rings is 2. The molecule has 12 heteroatoms. The van der Waals surface area contributed by atoms with E-state index in [1.165, 1.54) is 13.2 Å². The van der Waals surface area contributed by atoms with Crippen LogP contribution < -0.4 is 30.7 Å². The highest BCUT2D eigenvalue weighted by atomic mass is 35.5. The molecular formula is C26H31Cl2N7O3. The van der Waals surface area contributed by atoms with Crippen LogP contribution in [0.5, 0.6) is 11.5 Å². The minimum absolute atomic E-state index is 0.250. The van der Waals surface area contributed by atoms with E-state index in [0.717, 1.165) is 0 Å². The zero-order valence-corrected chi connectivity index (χ0v) is 23.4. The summed E-state index contributed by atoms with van der Waals surface area (Å²) in [5.41, 5.74) is 2.34. The van der Waals surface area contributed by atoms with Gasteiger partial charge in [0.15, 0.2) is 0 Å². The van der Waals surface area contributed by atoms with E-state index >= 15 is 0 Å². The van der Waals surface area contributed by atoms with Crippen LogP contribution in [0.4, 0.5) is 34.5 Å². The highest BCUT2D eigenvalue weighted by Gasteiger charge is 2.15. The number of ether oxygens (including phenoxy) is 2. The van der Waals surface area contributed by atoms with E-state index in [1.807, 2.05) is 14.1 Å². The standard InChI is InChI=1S/C26H31Cl2N7O3/c1-7-25(36)32-20-11-21(23(38-6)13-19(20)30-14-15(2)35(3)4)33-26-29-9-8-24(34-26)31-18-12-22(37-5)17(28)10-16(18)27/h7-13,15,30H,1,14H2,2-6H3,(H,32,36)(H2,29,31,33,34). The second-order valence-electron chi connectivity index (χ2n) is 8.47. The quantitative estimate of drug-likeness (QED) is 0.205. The van der Waals surface area contributed by atoms with E-state index < -0.39 is 0 Å². The molecule has 0 spiro atoms. The minimum Gasteiger partial charge on any atom is -0.495 e. The predicted octanol–water partition coefficient (Wildman–Crippen LogP) is 5.77. The summed E-state index contributed by atoms with van der Waals surface area (Å²) in [5.74, 6) is 1.41. The molecule has 0 saturated carbocycles. The third-order valence-corrected chi connectivity index (χ3v) is 6.27. The van der Waals surface area contributed by atoms with Gasteiger partial charge in [-0.2, -0.15) is 4.98 Å². The number of carbonyl (C=O) groups is 1. The van der Waals surface area contributed by atoms with E-state index in [0.29, 0.717) is 56.7 Å². The number of hydrogen-bond donors (Lipinski definition) is 4. The first kappa shape index (κ1) is 28.8. The first-order valence-corrected chi connectivity index (χ1v) is 12.4. The summed E-state index contributed by atoms with van der Waals surface area (Å²) in [4.78, 5) is 23.1. The van der Waals surface area contributed by atoms with E-state index in [9.17, 15) is 4.79 Å². The molecule has 0 aliphatic rings. The van der Waals surface area contributed by atoms with Crippen LogP contribution in [0.3, 0.4) is 0 Å². The summed E-state index contributed by atoms with van der Waals surface area (Å²) >= 11 is 12.5. The first-order chi connectivity index (χ1) is 18.1. The molecule has 0 saturated heterocycles. The van der Waals surface area contributed by atoms with Gasteiger partial charge in [0.25, 0.3) is 0 Å². The van der Waals surface area contributed by atoms with Crippen molar-refractivity contribution in [1.82, 2.24) is 14.9 Å². The topological polar surface area (TPSA) is 113 Å². The van der Waals surface area contributed by atoms with Crippen LogP contribution in [-0.2, 0) is 4.79 Å². The second-order valence-corrected chi connectivity index (χ2v) is 9.28. The number of amides is 1. The van der Waals surface area contributed by atoms with Gasteiger partial charge in [-0.1, -0.05) is 29.8 Å². The van der Waals surface area contributed by atoms with E-state index in [-0.39, 0.29) is 17.9 Å². The van der Waals surface area contributed by atoms with Gasteiger partial charge < -0.3 is 35.6 Å². The molecule has 0 fully saturated rings. The molecular weight excluding hydrogens is 529 g/mol. The molecule has 0 aliphatic carbocycles. The van der Waals surface area contributed by atoms with Gasteiger partial charge in [-0.3, -0.25) is 4.79 Å². The molecule has 2 aromatic carbocycles. The zero-order chi connectivity index (χ0) is 27.8. The van der Waals surface area contributed by atoms with Crippen molar-refractivity contribution >= 4 is 63.6 Å². The Balaban J connectivity index is 1.90. The summed E-state index contributed by atoms with van der Waals surface area (Å²) in [6.45, 7) is 6.28. The lowest BCUT2D eigenvalue weighted by atomic mass is 10.2. The number of halogens is 2. The predicted molar refractivity (Wildman–Crippen MR) is 155 cm³/mol. The molecule has 10 nitrogen and oxygen atoms in total. The summed E-state index contributed by atoms with van der Waals surface area (Å²) in [7, 11) is 7.08. The van der Waals surface area contributed by atoms with Crippen molar-refractivity contribution in [2.24, 2.45) is 0 Å². The molecule has 1 unspecified atom stereocenters. The molecule has 3 rings (SSSR count). The zero-order valence-electron chi connectivity index (χ0n) is 21.9. The highest BCUT2D eigenvalue weighted by Crippen LogP contribution is 2.37. The van der Waals surface area contributed by atoms with Crippen molar-refractivity contribution in [3.05, 3.63) is 59.2 Å². The number of carbonyl (C=O) groups excluding carboxylic acids is 1. The molecule has 1 atom stereocenters. The lowest BCUT2D eigenvalue weighted by molar-refractivity contribution is -0.111. The summed E-state index contributed by atoms with van der Waals surface area (Å²) in [5, 5.41) is 13.3. The Labute approximate surface area is 232 Å². The van der Waals surface area contributed by atoms with Crippen molar-refractivity contribution in [3.8, 4) is 11.5 Å². The average Bonchev–Trinajstić information content (AvgIpc) is 2.89. The SMILES string of the molecule is C=CC(=O)Nc1cc(Nc2nccc(Nc3cc(OC)c(Cl)cc3Cl)n2)c(OC)cc1NCC(C)N(C)C. The number of methoxy groups -OCH3 is 2. The van der Waals surface area contributed by atoms with Gasteiger partial charge in [0, 0.05) is 30.9 Å². The molecule has 1 aromatic heterocycles. The van der Waals surface area contributed by atoms with E-state index in [1.54, 1.807) is 43.6 Å². The van der Waals surface area contributed by atoms with Gasteiger partial charge in [-0.15, -0.1) is 0 Å². The monoisotopic (exact) mass is 559 g/mol. The number of likely N-dealkylation sites (N-methyl/N-ethyl adjacent to an activating group) is 1. The van der Waals surface area contributed by atoms with Gasteiger partial charge in [-0.25, -0.2) is 4.98 Å². The maximum absolute atomic E-state index is 12.1. The molecule has 1 heterocycles. The summed E-state index contributed by atoms with van der Waals surface area (Å²) < 4.78 is 10.9. The van der Waals surface area contributed by atoms with Crippen molar-refractivity contribution < 1.29 is 14.3 Å². The molecule has 3 aromatic rings. The fourth-order valence-electron chi connectivity index (χ4n) is 3.25. The molecule has 0 aliphatic heterocycles. The van der Waals surface area contributed by atoms with E-state index in [4.69, 9.17) is 32.7 Å². The van der Waals surface area contributed by atoms with Gasteiger partial charge in [-0.05, 0) is 45.3 Å². The molecule has 1 amide bonds. The average molecular weight is 560 g/mol. The Bertz CT molecular complexity index is 1300. The Morgan fingerprint density at radius 3 is 2.39 bits per heavy atom. The van der Waals surface area contributed by atoms with Crippen molar-refractivity contribution in [3.63, 3.8) is 0 Å². The lowest BCUT2D eigenvalue weighted by Gasteiger charge is -2.23. The van der Waals surface area contributed by atoms with Crippen LogP contribution in [0.2, 0.25) is 10.0 Å². The molecule has 0 radical (unpaired) electrons. The first-order valence-electron chi connectivity index (χ1n) is 11.6. The van der Waals surface area contributed by atoms with Gasteiger partial charge in [0.05, 0.1) is 47.0 Å². The molecule has 38 heavy (non-hydrogen) atoms. The smallest absolute Gasteiger partial charge is 0.247 e. The van der Waals surface area contributed by atoms with Crippen LogP contribution in [0.15, 0.2) is 49.2 Å². The highest BCUT2D eigenvalue weighted by molar-refractivity contribution is 6.37. The number of hydrogen-bond acceptors (Lipinski definition) is 9. The number of nitrogens with zero attached hydrogens (tertiary/aromatic N) is 3.